The Hall–Kier alpha value is -2.56. The maximum atomic E-state index is 13.2. The van der Waals surface area contributed by atoms with Crippen molar-refractivity contribution in [2.75, 3.05) is 36.8 Å². The van der Waals surface area contributed by atoms with E-state index in [1.54, 1.807) is 24.4 Å². The molecular formula is C21H27FN4O4S. The van der Waals surface area contributed by atoms with E-state index in [0.717, 1.165) is 11.4 Å². The third-order valence-corrected chi connectivity index (χ3v) is 7.34. The summed E-state index contributed by atoms with van der Waals surface area (Å²) in [6, 6.07) is 10.7. The number of halogens is 1. The summed E-state index contributed by atoms with van der Waals surface area (Å²) < 4.78 is 40.7. The van der Waals surface area contributed by atoms with Gasteiger partial charge in [0, 0.05) is 43.8 Å². The van der Waals surface area contributed by atoms with Crippen LogP contribution in [0.2, 0.25) is 0 Å². The van der Waals surface area contributed by atoms with Crippen molar-refractivity contribution in [2.24, 2.45) is 0 Å². The molecule has 0 bridgehead atoms. The summed E-state index contributed by atoms with van der Waals surface area (Å²) in [6.45, 7) is 1.75. The Kier molecular flexibility index (Phi) is 7.94. The van der Waals surface area contributed by atoms with Gasteiger partial charge < -0.3 is 4.90 Å². The Morgan fingerprint density at radius 2 is 1.90 bits per heavy atom. The van der Waals surface area contributed by atoms with Crippen molar-refractivity contribution in [1.82, 2.24) is 14.4 Å². The average molecular weight is 451 g/mol. The molecule has 1 saturated heterocycles. The lowest BCUT2D eigenvalue weighted by Crippen LogP contribution is -2.44. The number of carbonyl (C=O) groups excluding carboxylic acids is 1. The van der Waals surface area contributed by atoms with E-state index in [-0.39, 0.29) is 30.9 Å². The molecule has 1 aromatic heterocycles. The molecule has 1 aromatic carbocycles. The number of benzene rings is 1. The number of anilines is 1. The van der Waals surface area contributed by atoms with E-state index in [1.807, 2.05) is 17.0 Å². The van der Waals surface area contributed by atoms with Crippen molar-refractivity contribution in [2.45, 2.75) is 25.3 Å². The summed E-state index contributed by atoms with van der Waals surface area (Å²) in [5.74, 6) is -0.686. The highest BCUT2D eigenvalue weighted by Crippen LogP contribution is 2.19. The second-order valence-corrected chi connectivity index (χ2v) is 9.51. The molecule has 1 aliphatic heterocycles. The standard InChI is InChI=1S/C21H27FN4O4S/c22-18-5-8-20(9-6-18)24-12-3-13-25(15-14-24)31(29,30)16-21(26(28)17-27)10-7-19-4-1-2-11-23-19/h1-2,4-6,8-9,11,17,21,28H,3,7,10,12-16H2. The molecule has 1 unspecified atom stereocenters. The molecule has 3 rings (SSSR count). The lowest BCUT2D eigenvalue weighted by Gasteiger charge is -2.27. The fourth-order valence-electron chi connectivity index (χ4n) is 3.67. The van der Waals surface area contributed by atoms with Crippen LogP contribution < -0.4 is 4.90 Å². The first-order valence-electron chi connectivity index (χ1n) is 10.2. The molecule has 31 heavy (non-hydrogen) atoms. The number of pyridine rings is 1. The number of sulfonamides is 1. The zero-order chi connectivity index (χ0) is 22.3. The van der Waals surface area contributed by atoms with Crippen molar-refractivity contribution in [3.05, 3.63) is 60.2 Å². The minimum absolute atomic E-state index is 0.233. The first-order valence-corrected chi connectivity index (χ1v) is 11.8. The van der Waals surface area contributed by atoms with Crippen molar-refractivity contribution in [3.8, 4) is 0 Å². The van der Waals surface area contributed by atoms with Gasteiger partial charge in [0.1, 0.15) is 5.82 Å². The fourth-order valence-corrected chi connectivity index (χ4v) is 5.45. The van der Waals surface area contributed by atoms with Crippen molar-refractivity contribution in [1.29, 1.82) is 0 Å². The van der Waals surface area contributed by atoms with Crippen LogP contribution >= 0.6 is 0 Å². The van der Waals surface area contributed by atoms with Gasteiger partial charge in [0.05, 0.1) is 11.8 Å². The van der Waals surface area contributed by atoms with Gasteiger partial charge in [-0.3, -0.25) is 15.0 Å². The maximum Gasteiger partial charge on any atom is 0.233 e. The molecule has 2 heterocycles. The van der Waals surface area contributed by atoms with Crippen molar-refractivity contribution >= 4 is 22.1 Å². The Morgan fingerprint density at radius 1 is 1.13 bits per heavy atom. The van der Waals surface area contributed by atoms with Gasteiger partial charge in [-0.05, 0) is 55.7 Å². The van der Waals surface area contributed by atoms with E-state index >= 15 is 0 Å². The number of aryl methyl sites for hydroxylation is 1. The summed E-state index contributed by atoms with van der Waals surface area (Å²) in [5, 5.41) is 10.4. The van der Waals surface area contributed by atoms with Crippen molar-refractivity contribution in [3.63, 3.8) is 0 Å². The number of rotatable bonds is 9. The van der Waals surface area contributed by atoms with E-state index in [4.69, 9.17) is 0 Å². The van der Waals surface area contributed by atoms with Crippen LogP contribution in [-0.2, 0) is 21.2 Å². The Labute approximate surface area is 181 Å². The van der Waals surface area contributed by atoms with E-state index in [9.17, 15) is 22.8 Å². The van der Waals surface area contributed by atoms with Crippen LogP contribution in [0.5, 0.6) is 0 Å². The first-order chi connectivity index (χ1) is 14.9. The summed E-state index contributed by atoms with van der Waals surface area (Å²) in [4.78, 5) is 17.3. The summed E-state index contributed by atoms with van der Waals surface area (Å²) in [7, 11) is -3.71. The molecule has 1 atom stereocenters. The highest BCUT2D eigenvalue weighted by molar-refractivity contribution is 7.89. The van der Waals surface area contributed by atoms with Crippen LogP contribution in [0, 0.1) is 5.82 Å². The summed E-state index contributed by atoms with van der Waals surface area (Å²) >= 11 is 0. The molecule has 0 radical (unpaired) electrons. The molecule has 1 fully saturated rings. The molecular weight excluding hydrogens is 423 g/mol. The topological polar surface area (TPSA) is 94.0 Å². The molecule has 168 valence electrons. The zero-order valence-corrected chi connectivity index (χ0v) is 18.0. The molecule has 1 amide bonds. The Balaban J connectivity index is 1.64. The second kappa shape index (κ2) is 10.7. The van der Waals surface area contributed by atoms with E-state index in [1.165, 1.54) is 16.4 Å². The van der Waals surface area contributed by atoms with Gasteiger partial charge in [0.25, 0.3) is 0 Å². The number of carbonyl (C=O) groups is 1. The van der Waals surface area contributed by atoms with Crippen molar-refractivity contribution < 1.29 is 22.8 Å². The predicted molar refractivity (Wildman–Crippen MR) is 115 cm³/mol. The van der Waals surface area contributed by atoms with Gasteiger partial charge in [-0.25, -0.2) is 22.2 Å². The highest BCUT2D eigenvalue weighted by atomic mass is 32.2. The third kappa shape index (κ3) is 6.46. The molecule has 0 aliphatic carbocycles. The third-order valence-electron chi connectivity index (χ3n) is 5.39. The van der Waals surface area contributed by atoms with Crippen LogP contribution in [0.3, 0.4) is 0 Å². The number of hydrogen-bond donors (Lipinski definition) is 1. The molecule has 1 N–H and O–H groups in total. The van der Waals surface area contributed by atoms with Gasteiger partial charge in [-0.1, -0.05) is 6.07 Å². The molecule has 0 spiro atoms. The van der Waals surface area contributed by atoms with Gasteiger partial charge in [-0.15, -0.1) is 0 Å². The fraction of sp³-hybridized carbons (Fsp3) is 0.429. The van der Waals surface area contributed by atoms with Crippen LogP contribution in [-0.4, -0.2) is 72.4 Å². The smallest absolute Gasteiger partial charge is 0.233 e. The van der Waals surface area contributed by atoms with Crippen LogP contribution in [0.4, 0.5) is 10.1 Å². The van der Waals surface area contributed by atoms with Gasteiger partial charge in [0.2, 0.25) is 16.4 Å². The number of aromatic nitrogens is 1. The van der Waals surface area contributed by atoms with Gasteiger partial charge in [0.15, 0.2) is 0 Å². The first kappa shape index (κ1) is 23.1. The largest absolute Gasteiger partial charge is 0.370 e. The zero-order valence-electron chi connectivity index (χ0n) is 17.2. The number of nitrogens with zero attached hydrogens (tertiary/aromatic N) is 4. The summed E-state index contributed by atoms with van der Waals surface area (Å²) in [6.07, 6.45) is 3.19. The Bertz CT molecular complexity index is 944. The molecule has 10 heteroatoms. The molecule has 8 nitrogen and oxygen atoms in total. The van der Waals surface area contributed by atoms with Gasteiger partial charge >= 0.3 is 0 Å². The normalized spacial score (nSPS) is 16.5. The number of hydrogen-bond acceptors (Lipinski definition) is 6. The summed E-state index contributed by atoms with van der Waals surface area (Å²) in [5.41, 5.74) is 1.60. The SMILES string of the molecule is O=CN(O)C(CCc1ccccn1)CS(=O)(=O)N1CCCN(c2ccc(F)cc2)CC1. The molecule has 0 saturated carbocycles. The monoisotopic (exact) mass is 450 g/mol. The van der Waals surface area contributed by atoms with E-state index in [2.05, 4.69) is 4.98 Å². The van der Waals surface area contributed by atoms with Crippen LogP contribution in [0.1, 0.15) is 18.5 Å². The van der Waals surface area contributed by atoms with Crippen LogP contribution in [0.25, 0.3) is 0 Å². The van der Waals surface area contributed by atoms with Crippen LogP contribution in [0.15, 0.2) is 48.7 Å². The number of hydroxylamine groups is 2. The molecule has 2 aromatic rings. The quantitative estimate of drug-likeness (QED) is 0.356. The lowest BCUT2D eigenvalue weighted by molar-refractivity contribution is -0.158. The average Bonchev–Trinajstić information content (AvgIpc) is 3.04. The Morgan fingerprint density at radius 3 is 2.58 bits per heavy atom. The maximum absolute atomic E-state index is 13.2. The lowest BCUT2D eigenvalue weighted by atomic mass is 10.1. The minimum atomic E-state index is -3.71. The highest BCUT2D eigenvalue weighted by Gasteiger charge is 2.30. The predicted octanol–water partition coefficient (Wildman–Crippen LogP) is 1.91. The minimum Gasteiger partial charge on any atom is -0.370 e. The second-order valence-electron chi connectivity index (χ2n) is 7.49. The van der Waals surface area contributed by atoms with Gasteiger partial charge in [-0.2, -0.15) is 0 Å². The van der Waals surface area contributed by atoms with E-state index in [0.29, 0.717) is 37.5 Å². The van der Waals surface area contributed by atoms with E-state index < -0.39 is 16.1 Å². The molecule has 1 aliphatic rings. The number of amides is 1.